The summed E-state index contributed by atoms with van der Waals surface area (Å²) in [5.41, 5.74) is 9.34. The molecule has 1 fully saturated rings. The van der Waals surface area contributed by atoms with Gasteiger partial charge in [-0.25, -0.2) is 9.37 Å². The highest BCUT2D eigenvalue weighted by molar-refractivity contribution is 6.07. The largest absolute Gasteiger partial charge is 0.397 e. The van der Waals surface area contributed by atoms with Crippen molar-refractivity contribution in [1.82, 2.24) is 9.97 Å². The van der Waals surface area contributed by atoms with Gasteiger partial charge in [0.1, 0.15) is 5.82 Å². The molecule has 7 heteroatoms. The molecule has 1 saturated heterocycles. The van der Waals surface area contributed by atoms with Gasteiger partial charge in [0.05, 0.1) is 29.0 Å². The first-order valence-electron chi connectivity index (χ1n) is 10.1. The van der Waals surface area contributed by atoms with Crippen molar-refractivity contribution in [2.24, 2.45) is 0 Å². The van der Waals surface area contributed by atoms with E-state index >= 15 is 0 Å². The van der Waals surface area contributed by atoms with Crippen molar-refractivity contribution in [3.8, 4) is 11.3 Å². The van der Waals surface area contributed by atoms with Gasteiger partial charge in [0.2, 0.25) is 0 Å². The SMILES string of the molecule is Cc1ccc(-c2ccc(N)c(C(=O)Nc3cnccc3N3CCCCC3)n2)c(F)c1. The van der Waals surface area contributed by atoms with E-state index in [1.807, 2.05) is 13.0 Å². The fraction of sp³-hybridized carbons (Fsp3) is 0.261. The second-order valence-corrected chi connectivity index (χ2v) is 7.51. The number of amides is 1. The van der Waals surface area contributed by atoms with E-state index in [1.165, 1.54) is 12.5 Å². The molecular formula is C23H24FN5O. The standard InChI is InChI=1S/C23H24FN5O/c1-15-5-6-16(17(24)13-15)19-8-7-18(25)22(27-19)23(30)28-20-14-26-10-9-21(20)29-11-3-2-4-12-29/h5-10,13-14H,2-4,11-12,25H2,1H3,(H,28,30). The van der Waals surface area contributed by atoms with Crippen molar-refractivity contribution in [3.05, 3.63) is 65.9 Å². The molecule has 1 amide bonds. The van der Waals surface area contributed by atoms with Gasteiger partial charge in [-0.1, -0.05) is 6.07 Å². The summed E-state index contributed by atoms with van der Waals surface area (Å²) in [7, 11) is 0. The molecule has 3 N–H and O–H groups in total. The molecule has 0 radical (unpaired) electrons. The van der Waals surface area contributed by atoms with Gasteiger partial charge in [-0.15, -0.1) is 0 Å². The first-order chi connectivity index (χ1) is 14.5. The Morgan fingerprint density at radius 2 is 1.93 bits per heavy atom. The summed E-state index contributed by atoms with van der Waals surface area (Å²) < 4.78 is 14.4. The van der Waals surface area contributed by atoms with E-state index in [1.54, 1.807) is 36.7 Å². The molecular weight excluding hydrogens is 381 g/mol. The van der Waals surface area contributed by atoms with Crippen LogP contribution in [-0.2, 0) is 0 Å². The molecule has 3 heterocycles. The van der Waals surface area contributed by atoms with E-state index in [4.69, 9.17) is 5.73 Å². The lowest BCUT2D eigenvalue weighted by molar-refractivity contribution is 0.102. The molecule has 0 aliphatic carbocycles. The van der Waals surface area contributed by atoms with Crippen LogP contribution in [0.25, 0.3) is 11.3 Å². The predicted molar refractivity (Wildman–Crippen MR) is 117 cm³/mol. The predicted octanol–water partition coefficient (Wildman–Crippen LogP) is 4.42. The second-order valence-electron chi connectivity index (χ2n) is 7.51. The number of piperidine rings is 1. The van der Waals surface area contributed by atoms with Crippen LogP contribution in [-0.4, -0.2) is 29.0 Å². The summed E-state index contributed by atoms with van der Waals surface area (Å²) in [6.45, 7) is 3.70. The van der Waals surface area contributed by atoms with Crippen LogP contribution in [0.2, 0.25) is 0 Å². The number of hydrogen-bond donors (Lipinski definition) is 2. The summed E-state index contributed by atoms with van der Waals surface area (Å²) in [6.07, 6.45) is 6.79. The zero-order valence-corrected chi connectivity index (χ0v) is 16.9. The van der Waals surface area contributed by atoms with Crippen LogP contribution in [0.3, 0.4) is 0 Å². The Balaban J connectivity index is 1.63. The Morgan fingerprint density at radius 1 is 1.13 bits per heavy atom. The summed E-state index contributed by atoms with van der Waals surface area (Å²) in [6, 6.07) is 9.98. The van der Waals surface area contributed by atoms with Gasteiger partial charge in [0.15, 0.2) is 5.69 Å². The van der Waals surface area contributed by atoms with Crippen LogP contribution in [0.5, 0.6) is 0 Å². The van der Waals surface area contributed by atoms with Crippen LogP contribution in [0, 0.1) is 12.7 Å². The molecule has 0 bridgehead atoms. The summed E-state index contributed by atoms with van der Waals surface area (Å²) >= 11 is 0. The normalized spacial score (nSPS) is 13.9. The highest BCUT2D eigenvalue weighted by Gasteiger charge is 2.19. The fourth-order valence-electron chi connectivity index (χ4n) is 3.71. The summed E-state index contributed by atoms with van der Waals surface area (Å²) in [4.78, 5) is 23.8. The maximum absolute atomic E-state index is 14.4. The van der Waals surface area contributed by atoms with E-state index in [0.29, 0.717) is 16.9 Å². The minimum absolute atomic E-state index is 0.0564. The zero-order chi connectivity index (χ0) is 21.1. The third-order valence-electron chi connectivity index (χ3n) is 5.29. The minimum Gasteiger partial charge on any atom is -0.397 e. The number of halogens is 1. The number of nitrogens with zero attached hydrogens (tertiary/aromatic N) is 3. The molecule has 1 aromatic carbocycles. The smallest absolute Gasteiger partial charge is 0.276 e. The number of aryl methyl sites for hydroxylation is 1. The highest BCUT2D eigenvalue weighted by atomic mass is 19.1. The second kappa shape index (κ2) is 8.49. The molecule has 0 unspecified atom stereocenters. The van der Waals surface area contributed by atoms with Crippen molar-refractivity contribution in [1.29, 1.82) is 0 Å². The van der Waals surface area contributed by atoms with Crippen LogP contribution in [0.4, 0.5) is 21.5 Å². The fourth-order valence-corrected chi connectivity index (χ4v) is 3.71. The number of nitrogens with one attached hydrogen (secondary N) is 1. The highest BCUT2D eigenvalue weighted by Crippen LogP contribution is 2.29. The quantitative estimate of drug-likeness (QED) is 0.671. The van der Waals surface area contributed by atoms with E-state index in [-0.39, 0.29) is 11.4 Å². The molecule has 0 spiro atoms. The topological polar surface area (TPSA) is 84.1 Å². The third-order valence-corrected chi connectivity index (χ3v) is 5.29. The third kappa shape index (κ3) is 4.10. The lowest BCUT2D eigenvalue weighted by atomic mass is 10.1. The number of aromatic nitrogens is 2. The number of rotatable bonds is 4. The van der Waals surface area contributed by atoms with Crippen LogP contribution in [0.1, 0.15) is 35.3 Å². The number of carbonyl (C=O) groups is 1. The van der Waals surface area contributed by atoms with Crippen LogP contribution in [0.15, 0.2) is 48.8 Å². The van der Waals surface area contributed by atoms with Crippen molar-refractivity contribution >= 4 is 23.0 Å². The van der Waals surface area contributed by atoms with E-state index < -0.39 is 11.7 Å². The average Bonchev–Trinajstić information content (AvgIpc) is 2.75. The zero-order valence-electron chi connectivity index (χ0n) is 16.9. The number of carbonyl (C=O) groups excluding carboxylic acids is 1. The van der Waals surface area contributed by atoms with E-state index in [0.717, 1.165) is 37.2 Å². The first-order valence-corrected chi connectivity index (χ1v) is 10.1. The van der Waals surface area contributed by atoms with E-state index in [2.05, 4.69) is 20.2 Å². The molecule has 0 saturated carbocycles. The van der Waals surface area contributed by atoms with Gasteiger partial charge in [-0.05, 0) is 62.1 Å². The number of nitrogens with two attached hydrogens (primary N) is 1. The van der Waals surface area contributed by atoms with E-state index in [9.17, 15) is 9.18 Å². The van der Waals surface area contributed by atoms with Gasteiger partial charge in [-0.2, -0.15) is 0 Å². The average molecular weight is 405 g/mol. The Kier molecular flexibility index (Phi) is 5.61. The van der Waals surface area contributed by atoms with Crippen molar-refractivity contribution < 1.29 is 9.18 Å². The summed E-state index contributed by atoms with van der Waals surface area (Å²) in [5.74, 6) is -0.841. The number of anilines is 3. The number of pyridine rings is 2. The molecule has 154 valence electrons. The number of hydrogen-bond acceptors (Lipinski definition) is 5. The van der Waals surface area contributed by atoms with Crippen LogP contribution < -0.4 is 16.0 Å². The molecule has 3 aromatic rings. The van der Waals surface area contributed by atoms with Crippen LogP contribution >= 0.6 is 0 Å². The Bertz CT molecular complexity index is 1080. The monoisotopic (exact) mass is 405 g/mol. The molecule has 30 heavy (non-hydrogen) atoms. The molecule has 2 aromatic heterocycles. The number of nitrogen functional groups attached to an aromatic ring is 1. The number of benzene rings is 1. The minimum atomic E-state index is -0.451. The van der Waals surface area contributed by atoms with Gasteiger partial charge < -0.3 is 16.0 Å². The van der Waals surface area contributed by atoms with Gasteiger partial charge >= 0.3 is 0 Å². The van der Waals surface area contributed by atoms with Gasteiger partial charge in [-0.3, -0.25) is 9.78 Å². The Labute approximate surface area is 175 Å². The van der Waals surface area contributed by atoms with Crippen molar-refractivity contribution in [2.75, 3.05) is 29.0 Å². The summed E-state index contributed by atoms with van der Waals surface area (Å²) in [5, 5.41) is 2.89. The molecule has 1 aliphatic heterocycles. The molecule has 0 atom stereocenters. The lowest BCUT2D eigenvalue weighted by Crippen LogP contribution is -2.30. The Hall–Kier alpha value is -3.48. The molecule has 6 nitrogen and oxygen atoms in total. The molecule has 1 aliphatic rings. The first kappa shape index (κ1) is 19.8. The van der Waals surface area contributed by atoms with Crippen molar-refractivity contribution in [3.63, 3.8) is 0 Å². The maximum atomic E-state index is 14.4. The molecule has 4 rings (SSSR count). The maximum Gasteiger partial charge on any atom is 0.276 e. The van der Waals surface area contributed by atoms with Gasteiger partial charge in [0, 0.05) is 24.8 Å². The Morgan fingerprint density at radius 3 is 2.70 bits per heavy atom. The van der Waals surface area contributed by atoms with Gasteiger partial charge in [0.25, 0.3) is 5.91 Å². The lowest BCUT2D eigenvalue weighted by Gasteiger charge is -2.30. The van der Waals surface area contributed by atoms with Crippen molar-refractivity contribution in [2.45, 2.75) is 26.2 Å².